The van der Waals surface area contributed by atoms with E-state index in [-0.39, 0.29) is 31.3 Å². The second-order valence-corrected chi connectivity index (χ2v) is 4.51. The molecule has 0 N–H and O–H groups in total. The van der Waals surface area contributed by atoms with Crippen molar-refractivity contribution in [1.29, 1.82) is 0 Å². The van der Waals surface area contributed by atoms with E-state index in [9.17, 15) is 18.0 Å². The maximum atomic E-state index is 11.8. The van der Waals surface area contributed by atoms with Crippen molar-refractivity contribution in [2.24, 2.45) is 0 Å². The molecule has 19 heavy (non-hydrogen) atoms. The second kappa shape index (κ2) is 6.70. The summed E-state index contributed by atoms with van der Waals surface area (Å²) in [6, 6.07) is 1.94. The van der Waals surface area contributed by atoms with E-state index < -0.39 is 12.8 Å². The number of carbonyl (C=O) groups is 1. The number of hydrogen-bond donors (Lipinski definition) is 0. The van der Waals surface area contributed by atoms with Gasteiger partial charge in [-0.2, -0.15) is 18.3 Å². The lowest BCUT2D eigenvalue weighted by Crippen LogP contribution is -2.18. The van der Waals surface area contributed by atoms with Gasteiger partial charge in [0.15, 0.2) is 0 Å². The van der Waals surface area contributed by atoms with Gasteiger partial charge < -0.3 is 4.74 Å². The molecule has 108 valence electrons. The molecule has 7 heteroatoms. The molecular weight excluding hydrogens is 261 g/mol. The summed E-state index contributed by atoms with van der Waals surface area (Å²) in [6.07, 6.45) is -2.49. The topological polar surface area (TPSA) is 44.1 Å². The maximum absolute atomic E-state index is 11.8. The molecule has 0 bridgehead atoms. The highest BCUT2D eigenvalue weighted by Gasteiger charge is 2.27. The molecule has 0 amide bonds. The van der Waals surface area contributed by atoms with Gasteiger partial charge in [0.2, 0.25) is 0 Å². The first-order valence-corrected chi connectivity index (χ1v) is 5.98. The average Bonchev–Trinajstić information content (AvgIpc) is 2.71. The minimum absolute atomic E-state index is 0.0371. The van der Waals surface area contributed by atoms with Gasteiger partial charge >= 0.3 is 6.18 Å². The number of hydrogen-bond acceptors (Lipinski definition) is 3. The predicted octanol–water partition coefficient (Wildman–Crippen LogP) is 2.54. The number of Topliss-reactive ketones (excluding diaryl/α,β-unsaturated/α-hetero) is 1. The normalized spacial score (nSPS) is 12.1. The number of rotatable bonds is 7. The van der Waals surface area contributed by atoms with E-state index in [0.717, 1.165) is 0 Å². The Kier molecular flexibility index (Phi) is 5.53. The van der Waals surface area contributed by atoms with Crippen LogP contribution in [0.5, 0.6) is 0 Å². The zero-order chi connectivity index (χ0) is 14.5. The molecule has 0 saturated carbocycles. The molecule has 0 aliphatic heterocycles. The lowest BCUT2D eigenvalue weighted by atomic mass is 10.2. The lowest BCUT2D eigenvalue weighted by Gasteiger charge is -2.06. The first-order chi connectivity index (χ1) is 8.78. The first-order valence-electron chi connectivity index (χ1n) is 5.98. The van der Waals surface area contributed by atoms with Crippen molar-refractivity contribution in [3.05, 3.63) is 18.0 Å². The number of alkyl halides is 3. The van der Waals surface area contributed by atoms with Crippen LogP contribution in [0.25, 0.3) is 0 Å². The molecule has 0 aromatic carbocycles. The van der Waals surface area contributed by atoms with Gasteiger partial charge in [-0.3, -0.25) is 9.48 Å². The third-order valence-corrected chi connectivity index (χ3v) is 2.36. The van der Waals surface area contributed by atoms with E-state index in [1.54, 1.807) is 16.9 Å². The Bertz CT molecular complexity index is 413. The number of carbonyl (C=O) groups excluding carboxylic acids is 1. The Morgan fingerprint density at radius 1 is 1.47 bits per heavy atom. The lowest BCUT2D eigenvalue weighted by molar-refractivity contribution is -0.174. The molecule has 4 nitrogen and oxygen atoms in total. The number of ether oxygens (including phenoxy) is 1. The quantitative estimate of drug-likeness (QED) is 0.720. The third-order valence-electron chi connectivity index (χ3n) is 2.36. The van der Waals surface area contributed by atoms with E-state index >= 15 is 0 Å². The van der Waals surface area contributed by atoms with Gasteiger partial charge in [-0.05, 0) is 19.9 Å². The van der Waals surface area contributed by atoms with Gasteiger partial charge in [0.05, 0.1) is 18.7 Å². The predicted molar refractivity (Wildman–Crippen MR) is 62.8 cm³/mol. The number of aromatic nitrogens is 2. The summed E-state index contributed by atoms with van der Waals surface area (Å²) in [6.45, 7) is 2.39. The van der Waals surface area contributed by atoms with Crippen molar-refractivity contribution >= 4 is 5.78 Å². The minimum atomic E-state index is -4.35. The summed E-state index contributed by atoms with van der Waals surface area (Å²) in [5.41, 5.74) is 0.620. The fourth-order valence-corrected chi connectivity index (χ4v) is 1.42. The van der Waals surface area contributed by atoms with Crippen LogP contribution in [0.3, 0.4) is 0 Å². The highest BCUT2D eigenvalue weighted by atomic mass is 19.4. The largest absolute Gasteiger partial charge is 0.411 e. The second-order valence-electron chi connectivity index (χ2n) is 4.51. The highest BCUT2D eigenvalue weighted by Crippen LogP contribution is 2.14. The molecule has 0 aliphatic rings. The van der Waals surface area contributed by atoms with E-state index in [2.05, 4.69) is 9.84 Å². The fraction of sp³-hybridized carbons (Fsp3) is 0.667. The van der Waals surface area contributed by atoms with Gasteiger partial charge in [-0.1, -0.05) is 0 Å². The molecule has 0 spiro atoms. The van der Waals surface area contributed by atoms with Crippen LogP contribution in [0.2, 0.25) is 0 Å². The summed E-state index contributed by atoms with van der Waals surface area (Å²) in [5, 5.41) is 4.19. The van der Waals surface area contributed by atoms with Crippen molar-refractivity contribution in [3.63, 3.8) is 0 Å². The molecule has 1 heterocycles. The highest BCUT2D eigenvalue weighted by molar-refractivity contribution is 5.80. The van der Waals surface area contributed by atoms with E-state index in [1.165, 1.54) is 0 Å². The Balaban J connectivity index is 2.27. The zero-order valence-corrected chi connectivity index (χ0v) is 10.9. The maximum Gasteiger partial charge on any atom is 0.411 e. The SMILES string of the molecule is CC(C)n1ccc(CC(=O)CCOCC(F)(F)F)n1. The fourth-order valence-electron chi connectivity index (χ4n) is 1.42. The summed E-state index contributed by atoms with van der Waals surface area (Å²) in [4.78, 5) is 11.5. The van der Waals surface area contributed by atoms with Crippen LogP contribution in [0, 0.1) is 0 Å². The summed E-state index contributed by atoms with van der Waals surface area (Å²) < 4.78 is 41.5. The smallest absolute Gasteiger partial charge is 0.372 e. The number of nitrogens with zero attached hydrogens (tertiary/aromatic N) is 2. The van der Waals surface area contributed by atoms with E-state index in [4.69, 9.17) is 0 Å². The standard InChI is InChI=1S/C12H17F3N2O2/c1-9(2)17-5-3-10(16-17)7-11(18)4-6-19-8-12(13,14)15/h3,5,9H,4,6-8H2,1-2H3. The number of halogens is 3. The Hall–Kier alpha value is -1.37. The summed E-state index contributed by atoms with van der Waals surface area (Å²) in [7, 11) is 0. The van der Waals surface area contributed by atoms with Crippen molar-refractivity contribution in [2.45, 2.75) is 38.9 Å². The van der Waals surface area contributed by atoms with E-state index in [1.807, 2.05) is 13.8 Å². The monoisotopic (exact) mass is 278 g/mol. The van der Waals surface area contributed by atoms with Gasteiger partial charge in [0.1, 0.15) is 12.4 Å². The summed E-state index contributed by atoms with van der Waals surface area (Å²) in [5.74, 6) is -0.184. The molecule has 1 rings (SSSR count). The molecule has 0 unspecified atom stereocenters. The van der Waals surface area contributed by atoms with Crippen LogP contribution in [-0.2, 0) is 16.0 Å². The summed E-state index contributed by atoms with van der Waals surface area (Å²) >= 11 is 0. The molecule has 1 aromatic rings. The van der Waals surface area contributed by atoms with Crippen molar-refractivity contribution < 1.29 is 22.7 Å². The molecule has 0 aliphatic carbocycles. The molecule has 1 aromatic heterocycles. The van der Waals surface area contributed by atoms with Crippen LogP contribution >= 0.6 is 0 Å². The van der Waals surface area contributed by atoms with Gasteiger partial charge in [0, 0.05) is 18.7 Å². The Labute approximate surface area is 109 Å². The number of ketones is 1. The van der Waals surface area contributed by atoms with Gasteiger partial charge in [-0.15, -0.1) is 0 Å². The van der Waals surface area contributed by atoms with Crippen molar-refractivity contribution in [3.8, 4) is 0 Å². The van der Waals surface area contributed by atoms with Gasteiger partial charge in [-0.25, -0.2) is 0 Å². The Morgan fingerprint density at radius 2 is 2.16 bits per heavy atom. The molecule has 0 radical (unpaired) electrons. The minimum Gasteiger partial charge on any atom is -0.372 e. The van der Waals surface area contributed by atoms with Crippen LogP contribution in [-0.4, -0.2) is 35.0 Å². The van der Waals surface area contributed by atoms with Crippen LogP contribution < -0.4 is 0 Å². The van der Waals surface area contributed by atoms with Crippen LogP contribution in [0.1, 0.15) is 32.0 Å². The van der Waals surface area contributed by atoms with Crippen LogP contribution in [0.15, 0.2) is 12.3 Å². The van der Waals surface area contributed by atoms with Crippen LogP contribution in [0.4, 0.5) is 13.2 Å². The molecular formula is C12H17F3N2O2. The zero-order valence-electron chi connectivity index (χ0n) is 10.9. The van der Waals surface area contributed by atoms with Gasteiger partial charge in [0.25, 0.3) is 0 Å². The third kappa shape index (κ3) is 6.37. The Morgan fingerprint density at radius 3 is 2.68 bits per heavy atom. The molecule has 0 fully saturated rings. The first kappa shape index (κ1) is 15.7. The van der Waals surface area contributed by atoms with Crippen molar-refractivity contribution in [2.75, 3.05) is 13.2 Å². The average molecular weight is 278 g/mol. The van der Waals surface area contributed by atoms with Crippen molar-refractivity contribution in [1.82, 2.24) is 9.78 Å². The molecule has 0 saturated heterocycles. The van der Waals surface area contributed by atoms with E-state index in [0.29, 0.717) is 5.69 Å². The molecule has 0 atom stereocenters.